The van der Waals surface area contributed by atoms with E-state index in [1.807, 2.05) is 0 Å². The quantitative estimate of drug-likeness (QED) is 0.823. The van der Waals surface area contributed by atoms with Crippen molar-refractivity contribution in [3.8, 4) is 0 Å². The van der Waals surface area contributed by atoms with E-state index >= 15 is 0 Å². The highest BCUT2D eigenvalue weighted by Crippen LogP contribution is 2.31. The maximum Gasteiger partial charge on any atom is 0.344 e. The Kier molecular flexibility index (Phi) is 4.41. The molecular weight excluding hydrogens is 344 g/mol. The van der Waals surface area contributed by atoms with E-state index in [2.05, 4.69) is 10.7 Å². The summed E-state index contributed by atoms with van der Waals surface area (Å²) >= 11 is 0. The van der Waals surface area contributed by atoms with Gasteiger partial charge in [-0.2, -0.15) is 5.01 Å². The van der Waals surface area contributed by atoms with Crippen molar-refractivity contribution in [2.75, 3.05) is 0 Å². The lowest BCUT2D eigenvalue weighted by Crippen LogP contribution is -2.48. The SMILES string of the molecule is CC[C@@]1(c2ccccc2)NC(=O)N(NC(=O)c2cc(F)cc(F)c2)C1=O. The van der Waals surface area contributed by atoms with Crippen molar-refractivity contribution in [2.24, 2.45) is 0 Å². The van der Waals surface area contributed by atoms with E-state index in [1.165, 1.54) is 0 Å². The first-order valence-electron chi connectivity index (χ1n) is 7.86. The smallest absolute Gasteiger partial charge is 0.318 e. The Hall–Kier alpha value is -3.29. The van der Waals surface area contributed by atoms with Crippen LogP contribution in [0.15, 0.2) is 48.5 Å². The molecule has 0 aliphatic carbocycles. The topological polar surface area (TPSA) is 78.5 Å². The van der Waals surface area contributed by atoms with Gasteiger partial charge in [-0.15, -0.1) is 0 Å². The molecule has 0 bridgehead atoms. The standard InChI is InChI=1S/C18H15F2N3O3/c1-2-18(12-6-4-3-5-7-12)16(25)23(17(26)21-18)22-15(24)11-8-13(19)10-14(20)9-11/h3-10H,2H2,1H3,(H,21,26)(H,22,24)/t18-/m0/s1. The number of benzene rings is 2. The molecule has 0 saturated carbocycles. The van der Waals surface area contributed by atoms with Gasteiger partial charge in [0.05, 0.1) is 0 Å². The number of carbonyl (C=O) groups excluding carboxylic acids is 3. The average Bonchev–Trinajstić information content (AvgIpc) is 2.86. The molecular formula is C18H15F2N3O3. The molecule has 0 aromatic heterocycles. The summed E-state index contributed by atoms with van der Waals surface area (Å²) in [5.41, 5.74) is 1.00. The number of amides is 4. The zero-order chi connectivity index (χ0) is 18.9. The summed E-state index contributed by atoms with van der Waals surface area (Å²) in [4.78, 5) is 37.3. The van der Waals surface area contributed by atoms with Crippen molar-refractivity contribution >= 4 is 17.8 Å². The number of nitrogens with zero attached hydrogens (tertiary/aromatic N) is 1. The first-order chi connectivity index (χ1) is 12.4. The largest absolute Gasteiger partial charge is 0.344 e. The highest BCUT2D eigenvalue weighted by molar-refractivity contribution is 6.09. The lowest BCUT2D eigenvalue weighted by molar-refractivity contribution is -0.133. The molecule has 2 aromatic carbocycles. The van der Waals surface area contributed by atoms with Gasteiger partial charge in [0.25, 0.3) is 11.8 Å². The van der Waals surface area contributed by atoms with Gasteiger partial charge in [0.2, 0.25) is 0 Å². The number of halogens is 2. The predicted octanol–water partition coefficient (Wildman–Crippen LogP) is 2.47. The number of imide groups is 1. The van der Waals surface area contributed by atoms with Crippen LogP contribution in [0.25, 0.3) is 0 Å². The van der Waals surface area contributed by atoms with Crippen LogP contribution in [0.3, 0.4) is 0 Å². The molecule has 134 valence electrons. The predicted molar refractivity (Wildman–Crippen MR) is 87.6 cm³/mol. The van der Waals surface area contributed by atoms with E-state index in [-0.39, 0.29) is 12.0 Å². The number of nitrogens with one attached hydrogen (secondary N) is 2. The average molecular weight is 359 g/mol. The second kappa shape index (κ2) is 6.55. The molecule has 0 unspecified atom stereocenters. The van der Waals surface area contributed by atoms with Gasteiger partial charge < -0.3 is 5.32 Å². The molecule has 3 rings (SSSR count). The number of carbonyl (C=O) groups is 3. The molecule has 1 heterocycles. The Morgan fingerprint density at radius 1 is 1.12 bits per heavy atom. The van der Waals surface area contributed by atoms with Gasteiger partial charge in [-0.1, -0.05) is 37.3 Å². The Balaban J connectivity index is 1.88. The van der Waals surface area contributed by atoms with Crippen LogP contribution in [0.5, 0.6) is 0 Å². The van der Waals surface area contributed by atoms with E-state index in [9.17, 15) is 23.2 Å². The van der Waals surface area contributed by atoms with Crippen LogP contribution in [-0.2, 0) is 10.3 Å². The zero-order valence-corrected chi connectivity index (χ0v) is 13.8. The Morgan fingerprint density at radius 3 is 2.31 bits per heavy atom. The van der Waals surface area contributed by atoms with E-state index in [0.29, 0.717) is 16.6 Å². The maximum atomic E-state index is 13.3. The third-order valence-electron chi connectivity index (χ3n) is 4.23. The van der Waals surface area contributed by atoms with Gasteiger partial charge in [0, 0.05) is 11.6 Å². The molecule has 1 atom stereocenters. The second-order valence-electron chi connectivity index (χ2n) is 5.79. The lowest BCUT2D eigenvalue weighted by Gasteiger charge is -2.25. The number of urea groups is 1. The summed E-state index contributed by atoms with van der Waals surface area (Å²) < 4.78 is 26.5. The fourth-order valence-corrected chi connectivity index (χ4v) is 2.89. The maximum absolute atomic E-state index is 13.3. The summed E-state index contributed by atoms with van der Waals surface area (Å²) in [6.07, 6.45) is 0.253. The number of hydrogen-bond acceptors (Lipinski definition) is 3. The zero-order valence-electron chi connectivity index (χ0n) is 13.8. The van der Waals surface area contributed by atoms with Gasteiger partial charge in [0.1, 0.15) is 17.2 Å². The van der Waals surface area contributed by atoms with Gasteiger partial charge in [-0.05, 0) is 24.1 Å². The first-order valence-corrected chi connectivity index (χ1v) is 7.86. The summed E-state index contributed by atoms with van der Waals surface area (Å²) in [7, 11) is 0. The minimum absolute atomic E-state index is 0.253. The monoisotopic (exact) mass is 359 g/mol. The van der Waals surface area contributed by atoms with Crippen molar-refractivity contribution in [3.63, 3.8) is 0 Å². The highest BCUT2D eigenvalue weighted by Gasteiger charge is 2.52. The van der Waals surface area contributed by atoms with E-state index in [0.717, 1.165) is 12.1 Å². The van der Waals surface area contributed by atoms with Crippen LogP contribution >= 0.6 is 0 Å². The summed E-state index contributed by atoms with van der Waals surface area (Å²) in [6, 6.07) is 10.00. The Morgan fingerprint density at radius 2 is 1.73 bits per heavy atom. The molecule has 26 heavy (non-hydrogen) atoms. The van der Waals surface area contributed by atoms with Gasteiger partial charge >= 0.3 is 6.03 Å². The summed E-state index contributed by atoms with van der Waals surface area (Å²) in [6.45, 7) is 1.72. The number of hydrazine groups is 1. The fraction of sp³-hybridized carbons (Fsp3) is 0.167. The van der Waals surface area contributed by atoms with Crippen molar-refractivity contribution in [2.45, 2.75) is 18.9 Å². The van der Waals surface area contributed by atoms with Crippen LogP contribution in [0, 0.1) is 11.6 Å². The van der Waals surface area contributed by atoms with Crippen molar-refractivity contribution in [3.05, 3.63) is 71.3 Å². The van der Waals surface area contributed by atoms with Crippen LogP contribution in [0.1, 0.15) is 29.3 Å². The third-order valence-corrected chi connectivity index (χ3v) is 4.23. The van der Waals surface area contributed by atoms with Crippen LogP contribution in [0.2, 0.25) is 0 Å². The van der Waals surface area contributed by atoms with Crippen LogP contribution < -0.4 is 10.7 Å². The van der Waals surface area contributed by atoms with Gasteiger partial charge in [-0.3, -0.25) is 15.0 Å². The minimum atomic E-state index is -1.32. The van der Waals surface area contributed by atoms with Gasteiger partial charge in [-0.25, -0.2) is 13.6 Å². The fourth-order valence-electron chi connectivity index (χ4n) is 2.89. The van der Waals surface area contributed by atoms with Crippen LogP contribution in [-0.4, -0.2) is 22.9 Å². The normalized spacial score (nSPS) is 19.4. The van der Waals surface area contributed by atoms with Gasteiger partial charge in [0.15, 0.2) is 0 Å². The molecule has 2 aromatic rings. The van der Waals surface area contributed by atoms with E-state index in [1.54, 1.807) is 37.3 Å². The number of hydrogen-bond donors (Lipinski definition) is 2. The van der Waals surface area contributed by atoms with Crippen molar-refractivity contribution in [1.29, 1.82) is 0 Å². The molecule has 1 fully saturated rings. The molecule has 0 radical (unpaired) electrons. The molecule has 4 amide bonds. The molecule has 1 aliphatic heterocycles. The molecule has 0 spiro atoms. The molecule has 1 saturated heterocycles. The van der Waals surface area contributed by atoms with Crippen molar-refractivity contribution < 1.29 is 23.2 Å². The Labute approximate surface area is 147 Å². The summed E-state index contributed by atoms with van der Waals surface area (Å²) in [5, 5.41) is 3.12. The summed E-state index contributed by atoms with van der Waals surface area (Å²) in [5.74, 6) is -3.55. The highest BCUT2D eigenvalue weighted by atomic mass is 19.1. The molecule has 1 aliphatic rings. The Bertz CT molecular complexity index is 868. The second-order valence-corrected chi connectivity index (χ2v) is 5.79. The van der Waals surface area contributed by atoms with E-state index in [4.69, 9.17) is 0 Å². The molecule has 6 nitrogen and oxygen atoms in total. The molecule has 8 heteroatoms. The lowest BCUT2D eigenvalue weighted by atomic mass is 9.87. The van der Waals surface area contributed by atoms with Crippen LogP contribution in [0.4, 0.5) is 13.6 Å². The van der Waals surface area contributed by atoms with E-state index < -0.39 is 35.0 Å². The molecule has 2 N–H and O–H groups in total. The third kappa shape index (κ3) is 2.90. The minimum Gasteiger partial charge on any atom is -0.318 e. The first kappa shape index (κ1) is 17.5. The number of rotatable bonds is 4. The van der Waals surface area contributed by atoms with Crippen molar-refractivity contribution in [1.82, 2.24) is 15.8 Å².